The van der Waals surface area contributed by atoms with E-state index in [9.17, 15) is 4.79 Å². The van der Waals surface area contributed by atoms with E-state index in [4.69, 9.17) is 14.2 Å². The number of hydrogen-bond acceptors (Lipinski definition) is 7. The molecule has 0 radical (unpaired) electrons. The van der Waals surface area contributed by atoms with Gasteiger partial charge in [0.15, 0.2) is 28.6 Å². The zero-order valence-electron chi connectivity index (χ0n) is 17.0. The maximum Gasteiger partial charge on any atom is 0.234 e. The van der Waals surface area contributed by atoms with Crippen LogP contribution in [0.25, 0.3) is 0 Å². The zero-order chi connectivity index (χ0) is 21.6. The number of fused-ring (bicyclic) bond motifs is 1. The normalized spacial score (nSPS) is 12.9. The molecule has 1 aliphatic heterocycles. The molecule has 0 bridgehead atoms. The average Bonchev–Trinajstić information content (AvgIpc) is 3.40. The summed E-state index contributed by atoms with van der Waals surface area (Å²) >= 11 is 1.30. The van der Waals surface area contributed by atoms with Gasteiger partial charge in [0, 0.05) is 18.3 Å². The van der Waals surface area contributed by atoms with Crippen LogP contribution in [-0.2, 0) is 11.3 Å². The standard InChI is InChI=1S/C22H22N4O4S/c1-3-11-26-21(15(2)30-17-7-5-4-6-8-17)24-25-22(26)31-13-20(27)23-16-9-10-18-19(12-16)29-14-28-18/h3-10,12,15H,1,11,13-14H2,2H3,(H,23,27). The van der Waals surface area contributed by atoms with E-state index < -0.39 is 0 Å². The van der Waals surface area contributed by atoms with E-state index in [0.29, 0.717) is 34.7 Å². The Balaban J connectivity index is 1.39. The molecule has 1 atom stereocenters. The summed E-state index contributed by atoms with van der Waals surface area (Å²) < 4.78 is 18.5. The van der Waals surface area contributed by atoms with Gasteiger partial charge in [-0.05, 0) is 31.2 Å². The summed E-state index contributed by atoms with van der Waals surface area (Å²) in [4.78, 5) is 12.4. The summed E-state index contributed by atoms with van der Waals surface area (Å²) in [6.45, 7) is 6.43. The maximum absolute atomic E-state index is 12.4. The van der Waals surface area contributed by atoms with E-state index in [2.05, 4.69) is 22.1 Å². The van der Waals surface area contributed by atoms with Gasteiger partial charge in [0.1, 0.15) is 5.75 Å². The topological polar surface area (TPSA) is 87.5 Å². The van der Waals surface area contributed by atoms with E-state index in [1.165, 1.54) is 11.8 Å². The Labute approximate surface area is 184 Å². The van der Waals surface area contributed by atoms with Gasteiger partial charge in [0.25, 0.3) is 0 Å². The number of amides is 1. The molecule has 3 aromatic rings. The summed E-state index contributed by atoms with van der Waals surface area (Å²) in [7, 11) is 0. The van der Waals surface area contributed by atoms with Crippen molar-refractivity contribution in [2.45, 2.75) is 24.7 Å². The SMILES string of the molecule is C=CCn1c(SCC(=O)Nc2ccc3c(c2)OCO3)nnc1C(C)Oc1ccccc1. The van der Waals surface area contributed by atoms with Gasteiger partial charge in [-0.3, -0.25) is 9.36 Å². The smallest absolute Gasteiger partial charge is 0.234 e. The van der Waals surface area contributed by atoms with Crippen LogP contribution in [0.15, 0.2) is 66.3 Å². The average molecular weight is 439 g/mol. The first kappa shape index (κ1) is 20.8. The molecule has 4 rings (SSSR count). The molecule has 0 spiro atoms. The highest BCUT2D eigenvalue weighted by Gasteiger charge is 2.20. The van der Waals surface area contributed by atoms with Gasteiger partial charge in [-0.25, -0.2) is 0 Å². The predicted octanol–water partition coefficient (Wildman–Crippen LogP) is 4.06. The van der Waals surface area contributed by atoms with Gasteiger partial charge >= 0.3 is 0 Å². The number of allylic oxidation sites excluding steroid dienone is 1. The van der Waals surface area contributed by atoms with Crippen molar-refractivity contribution in [1.29, 1.82) is 0 Å². The zero-order valence-corrected chi connectivity index (χ0v) is 17.8. The second kappa shape index (κ2) is 9.57. The first-order chi connectivity index (χ1) is 15.1. The van der Waals surface area contributed by atoms with Crippen molar-refractivity contribution in [3.05, 3.63) is 67.0 Å². The third-order valence-electron chi connectivity index (χ3n) is 4.47. The van der Waals surface area contributed by atoms with Gasteiger partial charge in [-0.2, -0.15) is 0 Å². The Kier molecular flexibility index (Phi) is 6.42. The molecule has 0 saturated carbocycles. The molecule has 2 aromatic carbocycles. The molecule has 1 amide bonds. The minimum absolute atomic E-state index is 0.160. The van der Waals surface area contributed by atoms with Crippen LogP contribution in [0.2, 0.25) is 0 Å². The summed E-state index contributed by atoms with van der Waals surface area (Å²) in [5.74, 6) is 2.73. The lowest BCUT2D eigenvalue weighted by Crippen LogP contribution is -2.15. The van der Waals surface area contributed by atoms with Crippen molar-refractivity contribution >= 4 is 23.4 Å². The molecule has 2 heterocycles. The fourth-order valence-corrected chi connectivity index (χ4v) is 3.82. The van der Waals surface area contributed by atoms with Crippen LogP contribution in [0.3, 0.4) is 0 Å². The highest BCUT2D eigenvalue weighted by molar-refractivity contribution is 7.99. The molecule has 160 valence electrons. The van der Waals surface area contributed by atoms with Crippen LogP contribution in [0, 0.1) is 0 Å². The van der Waals surface area contributed by atoms with Crippen LogP contribution < -0.4 is 19.5 Å². The Morgan fingerprint density at radius 1 is 1.26 bits per heavy atom. The molecule has 1 unspecified atom stereocenters. The van der Waals surface area contributed by atoms with E-state index >= 15 is 0 Å². The second-order valence-corrected chi connectivity index (χ2v) is 7.66. The molecule has 1 aliphatic rings. The molecule has 31 heavy (non-hydrogen) atoms. The minimum Gasteiger partial charge on any atom is -0.483 e. The van der Waals surface area contributed by atoms with Crippen molar-refractivity contribution in [3.8, 4) is 17.2 Å². The van der Waals surface area contributed by atoms with E-state index in [-0.39, 0.29) is 24.6 Å². The number of nitrogens with zero attached hydrogens (tertiary/aromatic N) is 3. The highest BCUT2D eigenvalue weighted by Crippen LogP contribution is 2.34. The summed E-state index contributed by atoms with van der Waals surface area (Å²) in [6, 6.07) is 14.8. The predicted molar refractivity (Wildman–Crippen MR) is 118 cm³/mol. The third kappa shape index (κ3) is 5.00. The first-order valence-corrected chi connectivity index (χ1v) is 10.7. The van der Waals surface area contributed by atoms with Crippen molar-refractivity contribution in [2.24, 2.45) is 0 Å². The lowest BCUT2D eigenvalue weighted by molar-refractivity contribution is -0.113. The Morgan fingerprint density at radius 2 is 2.06 bits per heavy atom. The van der Waals surface area contributed by atoms with Crippen LogP contribution >= 0.6 is 11.8 Å². The molecular weight excluding hydrogens is 416 g/mol. The van der Waals surface area contributed by atoms with Crippen molar-refractivity contribution in [1.82, 2.24) is 14.8 Å². The number of anilines is 1. The van der Waals surface area contributed by atoms with Crippen molar-refractivity contribution in [3.63, 3.8) is 0 Å². The number of benzene rings is 2. The number of hydrogen-bond donors (Lipinski definition) is 1. The summed E-state index contributed by atoms with van der Waals surface area (Å²) in [5, 5.41) is 12.0. The highest BCUT2D eigenvalue weighted by atomic mass is 32.2. The van der Waals surface area contributed by atoms with Crippen LogP contribution in [0.5, 0.6) is 17.2 Å². The van der Waals surface area contributed by atoms with Crippen LogP contribution in [0.1, 0.15) is 18.9 Å². The van der Waals surface area contributed by atoms with Gasteiger partial charge in [-0.1, -0.05) is 36.0 Å². The lowest BCUT2D eigenvalue weighted by Gasteiger charge is -2.15. The minimum atomic E-state index is -0.313. The van der Waals surface area contributed by atoms with Crippen molar-refractivity contribution in [2.75, 3.05) is 17.9 Å². The largest absolute Gasteiger partial charge is 0.483 e. The number of carbonyl (C=O) groups is 1. The van der Waals surface area contributed by atoms with Gasteiger partial charge in [0.2, 0.25) is 12.7 Å². The number of thioether (sulfide) groups is 1. The molecule has 0 fully saturated rings. The molecule has 9 heteroatoms. The number of para-hydroxylation sites is 1. The number of ether oxygens (including phenoxy) is 3. The van der Waals surface area contributed by atoms with Crippen molar-refractivity contribution < 1.29 is 19.0 Å². The first-order valence-electron chi connectivity index (χ1n) is 9.72. The monoisotopic (exact) mass is 438 g/mol. The lowest BCUT2D eigenvalue weighted by atomic mass is 10.3. The second-order valence-electron chi connectivity index (χ2n) is 6.72. The summed E-state index contributed by atoms with van der Waals surface area (Å²) in [6.07, 6.45) is 1.45. The molecule has 1 aromatic heterocycles. The Bertz CT molecular complexity index is 1070. The molecule has 1 N–H and O–H groups in total. The Hall–Kier alpha value is -3.46. The van der Waals surface area contributed by atoms with E-state index in [1.54, 1.807) is 24.3 Å². The fourth-order valence-electron chi connectivity index (χ4n) is 3.07. The number of nitrogens with one attached hydrogen (secondary N) is 1. The van der Waals surface area contributed by atoms with Gasteiger partial charge < -0.3 is 19.5 Å². The van der Waals surface area contributed by atoms with E-state index in [0.717, 1.165) is 5.75 Å². The van der Waals surface area contributed by atoms with Crippen LogP contribution in [0.4, 0.5) is 5.69 Å². The van der Waals surface area contributed by atoms with Gasteiger partial charge in [0.05, 0.1) is 5.75 Å². The maximum atomic E-state index is 12.4. The fraction of sp³-hybridized carbons (Fsp3) is 0.227. The Morgan fingerprint density at radius 3 is 2.87 bits per heavy atom. The van der Waals surface area contributed by atoms with Gasteiger partial charge in [-0.15, -0.1) is 16.8 Å². The van der Waals surface area contributed by atoms with E-state index in [1.807, 2.05) is 41.8 Å². The molecule has 8 nitrogen and oxygen atoms in total. The molecular formula is C22H22N4O4S. The number of aromatic nitrogens is 3. The molecule has 0 aliphatic carbocycles. The quantitative estimate of drug-likeness (QED) is 0.398. The third-order valence-corrected chi connectivity index (χ3v) is 5.43. The summed E-state index contributed by atoms with van der Waals surface area (Å²) in [5.41, 5.74) is 0.646. The number of carbonyl (C=O) groups excluding carboxylic acids is 1. The van der Waals surface area contributed by atoms with Crippen LogP contribution in [-0.4, -0.2) is 33.2 Å². The number of rotatable bonds is 9. The molecule has 0 saturated heterocycles.